The van der Waals surface area contributed by atoms with Crippen LogP contribution in [0.1, 0.15) is 32.8 Å². The van der Waals surface area contributed by atoms with Gasteiger partial charge in [0.1, 0.15) is 5.82 Å². The van der Waals surface area contributed by atoms with Gasteiger partial charge in [0.15, 0.2) is 5.69 Å². The molecule has 0 fully saturated rings. The summed E-state index contributed by atoms with van der Waals surface area (Å²) in [7, 11) is 0. The minimum atomic E-state index is -0.517. The van der Waals surface area contributed by atoms with E-state index in [2.05, 4.69) is 20.7 Å². The lowest BCUT2D eigenvalue weighted by Gasteiger charge is -2.11. The molecule has 2 aromatic heterocycles. The number of nitrogens with zero attached hydrogens (tertiary/aromatic N) is 3. The second-order valence-corrected chi connectivity index (χ2v) is 9.48. The molecule has 12 heteroatoms. The van der Waals surface area contributed by atoms with E-state index in [0.29, 0.717) is 32.0 Å². The minimum absolute atomic E-state index is 0.0263. The Morgan fingerprint density at radius 2 is 1.66 bits per heavy atom. The van der Waals surface area contributed by atoms with Crippen molar-refractivity contribution in [2.75, 3.05) is 11.9 Å². The predicted octanol–water partition coefficient (Wildman–Crippen LogP) is 5.06. The zero-order valence-corrected chi connectivity index (χ0v) is 22.2. The van der Waals surface area contributed by atoms with Gasteiger partial charge in [0.05, 0.1) is 22.0 Å². The number of hydrogen-bond acceptors (Lipinski definition) is 5. The number of carbonyl (C=O) groups is 3. The van der Waals surface area contributed by atoms with Crippen LogP contribution in [0.25, 0.3) is 16.9 Å². The van der Waals surface area contributed by atoms with Gasteiger partial charge in [-0.15, -0.1) is 0 Å². The number of amides is 3. The molecule has 0 aliphatic rings. The molecular formula is C26H21Cl3N6O3. The maximum atomic E-state index is 13.3. The molecular weight excluding hydrogens is 551 g/mol. The van der Waals surface area contributed by atoms with Crippen molar-refractivity contribution < 1.29 is 14.4 Å². The number of carbonyl (C=O) groups excluding carboxylic acids is 3. The molecule has 0 aliphatic carbocycles. The van der Waals surface area contributed by atoms with Gasteiger partial charge in [0.25, 0.3) is 11.8 Å². The van der Waals surface area contributed by atoms with Crippen molar-refractivity contribution in [1.29, 1.82) is 0 Å². The highest BCUT2D eigenvalue weighted by Gasteiger charge is 2.23. The first-order chi connectivity index (χ1) is 18.1. The highest BCUT2D eigenvalue weighted by atomic mass is 35.5. The normalized spacial score (nSPS) is 10.7. The number of pyridine rings is 1. The Morgan fingerprint density at radius 3 is 2.29 bits per heavy atom. The smallest absolute Gasteiger partial charge is 0.277 e. The van der Waals surface area contributed by atoms with E-state index < -0.39 is 17.7 Å². The van der Waals surface area contributed by atoms with Crippen molar-refractivity contribution in [3.8, 4) is 16.9 Å². The summed E-state index contributed by atoms with van der Waals surface area (Å²) in [5.74, 6) is -1.22. The fraction of sp³-hybridized carbons (Fsp3) is 0.115. The summed E-state index contributed by atoms with van der Waals surface area (Å²) in [5.41, 5.74) is 8.03. The van der Waals surface area contributed by atoms with Crippen molar-refractivity contribution in [3.05, 3.63) is 92.7 Å². The molecule has 0 saturated carbocycles. The molecule has 0 radical (unpaired) electrons. The maximum Gasteiger partial charge on any atom is 0.277 e. The van der Waals surface area contributed by atoms with Crippen LogP contribution in [-0.4, -0.2) is 39.0 Å². The molecule has 9 nitrogen and oxygen atoms in total. The number of nitrogens with one attached hydrogen (secondary N) is 2. The second-order valence-electron chi connectivity index (χ2n) is 8.20. The number of aromatic nitrogens is 3. The molecule has 0 aliphatic heterocycles. The summed E-state index contributed by atoms with van der Waals surface area (Å²) in [6.45, 7) is 1.89. The molecule has 38 heavy (non-hydrogen) atoms. The van der Waals surface area contributed by atoms with Crippen LogP contribution in [0, 0.1) is 6.92 Å². The van der Waals surface area contributed by atoms with E-state index in [1.54, 1.807) is 41.9 Å². The summed E-state index contributed by atoms with van der Waals surface area (Å²) in [6.07, 6.45) is 1.34. The van der Waals surface area contributed by atoms with E-state index in [-0.39, 0.29) is 30.0 Å². The standard InChI is InChI=1S/C26H21Cl3N6O3/c1-14-23(26(38)33-22-9-4-16(13-32-22)25(37)31-11-10-21(30)36)34-35(20-8-7-18(28)12-19(20)29)24(14)15-2-5-17(27)6-3-15/h2-9,12-13H,10-11H2,1H3,(H2,30,36)(H,31,37)(H,32,33,38). The Kier molecular flexibility index (Phi) is 8.31. The zero-order valence-electron chi connectivity index (χ0n) is 20.0. The molecule has 4 rings (SSSR count). The molecule has 2 aromatic carbocycles. The number of halogens is 3. The van der Waals surface area contributed by atoms with Gasteiger partial charge in [-0.25, -0.2) is 9.67 Å². The molecule has 0 bridgehead atoms. The average molecular weight is 572 g/mol. The number of hydrogen-bond donors (Lipinski definition) is 3. The van der Waals surface area contributed by atoms with E-state index in [0.717, 1.165) is 5.56 Å². The van der Waals surface area contributed by atoms with Crippen molar-refractivity contribution in [3.63, 3.8) is 0 Å². The minimum Gasteiger partial charge on any atom is -0.370 e. The van der Waals surface area contributed by atoms with E-state index in [9.17, 15) is 14.4 Å². The predicted molar refractivity (Wildman–Crippen MR) is 147 cm³/mol. The summed E-state index contributed by atoms with van der Waals surface area (Å²) < 4.78 is 1.58. The van der Waals surface area contributed by atoms with Gasteiger partial charge in [-0.1, -0.05) is 46.9 Å². The van der Waals surface area contributed by atoms with Gasteiger partial charge in [0.2, 0.25) is 5.91 Å². The Hall–Kier alpha value is -3.92. The third-order valence-electron chi connectivity index (χ3n) is 5.52. The number of primary amides is 1. The third-order valence-corrected chi connectivity index (χ3v) is 6.31. The molecule has 4 aromatic rings. The molecule has 0 unspecified atom stereocenters. The Labute approximate surface area is 232 Å². The van der Waals surface area contributed by atoms with Gasteiger partial charge in [-0.3, -0.25) is 14.4 Å². The van der Waals surface area contributed by atoms with E-state index >= 15 is 0 Å². The van der Waals surface area contributed by atoms with Crippen LogP contribution >= 0.6 is 34.8 Å². The summed E-state index contributed by atoms with van der Waals surface area (Å²) in [4.78, 5) is 40.4. The number of benzene rings is 2. The summed E-state index contributed by atoms with van der Waals surface area (Å²) in [5, 5.41) is 11.2. The Balaban J connectivity index is 1.63. The van der Waals surface area contributed by atoms with Gasteiger partial charge >= 0.3 is 0 Å². The average Bonchev–Trinajstić information content (AvgIpc) is 3.21. The fourth-order valence-corrected chi connectivity index (χ4v) is 4.28. The topological polar surface area (TPSA) is 132 Å². The zero-order chi connectivity index (χ0) is 27.4. The van der Waals surface area contributed by atoms with Crippen molar-refractivity contribution in [2.45, 2.75) is 13.3 Å². The molecule has 3 amide bonds. The van der Waals surface area contributed by atoms with Crippen LogP contribution in [0.15, 0.2) is 60.8 Å². The number of anilines is 1. The van der Waals surface area contributed by atoms with Gasteiger partial charge < -0.3 is 16.4 Å². The van der Waals surface area contributed by atoms with Gasteiger partial charge in [0, 0.05) is 40.3 Å². The first-order valence-electron chi connectivity index (χ1n) is 11.3. The SMILES string of the molecule is Cc1c(C(=O)Nc2ccc(C(=O)NCCC(N)=O)cn2)nn(-c2ccc(Cl)cc2Cl)c1-c1ccc(Cl)cc1. The molecule has 0 saturated heterocycles. The van der Waals surface area contributed by atoms with Crippen LogP contribution in [0.4, 0.5) is 5.82 Å². The van der Waals surface area contributed by atoms with E-state index in [4.69, 9.17) is 40.5 Å². The monoisotopic (exact) mass is 570 g/mol. The van der Waals surface area contributed by atoms with Gasteiger partial charge in [-0.05, 0) is 49.4 Å². The third kappa shape index (κ3) is 6.13. The molecule has 2 heterocycles. The second kappa shape index (κ2) is 11.6. The van der Waals surface area contributed by atoms with Crippen LogP contribution in [-0.2, 0) is 4.79 Å². The van der Waals surface area contributed by atoms with Crippen molar-refractivity contribution >= 4 is 58.3 Å². The van der Waals surface area contributed by atoms with Crippen LogP contribution < -0.4 is 16.4 Å². The Morgan fingerprint density at radius 1 is 0.947 bits per heavy atom. The fourth-order valence-electron chi connectivity index (χ4n) is 3.66. The lowest BCUT2D eigenvalue weighted by Crippen LogP contribution is -2.28. The highest BCUT2D eigenvalue weighted by Crippen LogP contribution is 2.33. The first kappa shape index (κ1) is 27.1. The van der Waals surface area contributed by atoms with Crippen LogP contribution in [0.5, 0.6) is 0 Å². The highest BCUT2D eigenvalue weighted by molar-refractivity contribution is 6.35. The summed E-state index contributed by atoms with van der Waals surface area (Å²) >= 11 is 18.6. The quantitative estimate of drug-likeness (QED) is 0.272. The van der Waals surface area contributed by atoms with E-state index in [1.807, 2.05) is 12.1 Å². The van der Waals surface area contributed by atoms with Crippen LogP contribution in [0.3, 0.4) is 0 Å². The largest absolute Gasteiger partial charge is 0.370 e. The molecule has 4 N–H and O–H groups in total. The molecule has 0 atom stereocenters. The number of nitrogens with two attached hydrogens (primary N) is 1. The molecule has 0 spiro atoms. The number of rotatable bonds is 8. The maximum absolute atomic E-state index is 13.3. The van der Waals surface area contributed by atoms with Gasteiger partial charge in [-0.2, -0.15) is 5.10 Å². The van der Waals surface area contributed by atoms with Crippen molar-refractivity contribution in [2.24, 2.45) is 5.73 Å². The van der Waals surface area contributed by atoms with Crippen molar-refractivity contribution in [1.82, 2.24) is 20.1 Å². The van der Waals surface area contributed by atoms with E-state index in [1.165, 1.54) is 18.3 Å². The summed E-state index contributed by atoms with van der Waals surface area (Å²) in [6, 6.07) is 15.1. The lowest BCUT2D eigenvalue weighted by atomic mass is 10.1. The molecule has 194 valence electrons. The Bertz CT molecular complexity index is 1520. The van der Waals surface area contributed by atoms with Crippen LogP contribution in [0.2, 0.25) is 15.1 Å². The first-order valence-corrected chi connectivity index (χ1v) is 12.4. The lowest BCUT2D eigenvalue weighted by molar-refractivity contribution is -0.117.